The predicted octanol–water partition coefficient (Wildman–Crippen LogP) is 2.08. The van der Waals surface area contributed by atoms with Gasteiger partial charge in [-0.1, -0.05) is 29.8 Å². The number of ether oxygens (including phenoxy) is 1. The van der Waals surface area contributed by atoms with E-state index >= 15 is 0 Å². The smallest absolute Gasteiger partial charge is 0.336 e. The van der Waals surface area contributed by atoms with Crippen LogP contribution in [0.5, 0.6) is 0 Å². The first kappa shape index (κ1) is 20.0. The summed E-state index contributed by atoms with van der Waals surface area (Å²) in [5, 5.41) is 10.3. The number of aryl methyl sites for hydroxylation is 1. The van der Waals surface area contributed by atoms with Gasteiger partial charge in [0.15, 0.2) is 6.10 Å². The maximum Gasteiger partial charge on any atom is 0.336 e. The number of hydrogen-bond donors (Lipinski definition) is 2. The summed E-state index contributed by atoms with van der Waals surface area (Å²) in [4.78, 5) is 11.9. The van der Waals surface area contributed by atoms with Gasteiger partial charge in [0.25, 0.3) is 0 Å². The fraction of sp³-hybridized carbons (Fsp3) is 0.278. The second kappa shape index (κ2) is 8.39. The molecule has 8 heteroatoms. The lowest BCUT2D eigenvalue weighted by molar-refractivity contribution is -0.154. The molecule has 0 unspecified atom stereocenters. The highest BCUT2D eigenvalue weighted by atomic mass is 32.2. The summed E-state index contributed by atoms with van der Waals surface area (Å²) >= 11 is 0. The molecule has 0 aliphatic carbocycles. The summed E-state index contributed by atoms with van der Waals surface area (Å²) in [6.07, 6.45) is -1.79. The molecule has 2 aromatic rings. The molecule has 0 aliphatic rings. The molecule has 0 radical (unpaired) electrons. The van der Waals surface area contributed by atoms with E-state index < -0.39 is 34.0 Å². The Morgan fingerprint density at radius 3 is 2.27 bits per heavy atom. The fourth-order valence-corrected chi connectivity index (χ4v) is 3.53. The molecule has 2 aromatic carbocycles. The first-order chi connectivity index (χ1) is 12.2. The summed E-state index contributed by atoms with van der Waals surface area (Å²) in [7, 11) is -4.04. The number of aliphatic hydroxyl groups is 1. The first-order valence-electron chi connectivity index (χ1n) is 7.93. The number of rotatable bonds is 7. The Bertz CT molecular complexity index is 850. The number of nitrogens with one attached hydrogen (secondary N) is 1. The van der Waals surface area contributed by atoms with Crippen LogP contribution in [0.2, 0.25) is 0 Å². The van der Waals surface area contributed by atoms with Crippen LogP contribution in [0.15, 0.2) is 53.4 Å². The number of hydrogen-bond acceptors (Lipinski definition) is 5. The molecule has 2 N–H and O–H groups in total. The normalized spacial score (nSPS) is 13.8. The summed E-state index contributed by atoms with van der Waals surface area (Å²) in [6.45, 7) is 3.40. The van der Waals surface area contributed by atoms with Crippen LogP contribution in [0.3, 0.4) is 0 Å². The average molecular weight is 381 g/mol. The van der Waals surface area contributed by atoms with Crippen molar-refractivity contribution < 1.29 is 27.4 Å². The molecule has 0 aromatic heterocycles. The maximum atomic E-state index is 13.2. The molecule has 0 spiro atoms. The van der Waals surface area contributed by atoms with Gasteiger partial charge in [0.2, 0.25) is 10.0 Å². The van der Waals surface area contributed by atoms with Crippen molar-refractivity contribution in [1.29, 1.82) is 0 Å². The molecule has 6 nitrogen and oxygen atoms in total. The fourth-order valence-electron chi connectivity index (χ4n) is 2.30. The average Bonchev–Trinajstić information content (AvgIpc) is 2.60. The zero-order valence-electron chi connectivity index (χ0n) is 14.3. The van der Waals surface area contributed by atoms with Gasteiger partial charge in [0.1, 0.15) is 5.82 Å². The van der Waals surface area contributed by atoms with Gasteiger partial charge in [-0.3, -0.25) is 0 Å². The molecule has 0 aliphatic heterocycles. The van der Waals surface area contributed by atoms with E-state index in [4.69, 9.17) is 4.74 Å². The van der Waals surface area contributed by atoms with Crippen molar-refractivity contribution in [2.24, 2.45) is 0 Å². The van der Waals surface area contributed by atoms with Gasteiger partial charge in [-0.25, -0.2) is 22.3 Å². The van der Waals surface area contributed by atoms with E-state index in [2.05, 4.69) is 4.72 Å². The first-order valence-corrected chi connectivity index (χ1v) is 9.42. The van der Waals surface area contributed by atoms with Gasteiger partial charge >= 0.3 is 5.97 Å². The highest BCUT2D eigenvalue weighted by Gasteiger charge is 2.33. The van der Waals surface area contributed by atoms with Gasteiger partial charge < -0.3 is 9.84 Å². The summed E-state index contributed by atoms with van der Waals surface area (Å²) in [6, 6.07) is 9.56. The minimum absolute atomic E-state index is 0.0220. The van der Waals surface area contributed by atoms with Gasteiger partial charge in [-0.15, -0.1) is 0 Å². The lowest BCUT2D eigenvalue weighted by atomic mass is 10.0. The van der Waals surface area contributed by atoms with E-state index in [1.54, 1.807) is 19.1 Å². The van der Waals surface area contributed by atoms with Gasteiger partial charge in [-0.05, 0) is 43.7 Å². The van der Waals surface area contributed by atoms with E-state index in [1.807, 2.05) is 6.92 Å². The number of carbonyl (C=O) groups excluding carboxylic acids is 1. The minimum atomic E-state index is -4.04. The lowest BCUT2D eigenvalue weighted by Gasteiger charge is -2.23. The van der Waals surface area contributed by atoms with Crippen LogP contribution in [0.1, 0.15) is 24.1 Å². The number of aliphatic hydroxyl groups excluding tert-OH is 1. The molecule has 2 atom stereocenters. The molecule has 0 saturated carbocycles. The van der Waals surface area contributed by atoms with Crippen molar-refractivity contribution in [3.05, 3.63) is 65.5 Å². The van der Waals surface area contributed by atoms with Crippen LogP contribution < -0.4 is 4.72 Å². The monoisotopic (exact) mass is 381 g/mol. The highest BCUT2D eigenvalue weighted by molar-refractivity contribution is 7.89. The van der Waals surface area contributed by atoms with Crippen molar-refractivity contribution >= 4 is 16.0 Å². The Hall–Kier alpha value is -2.29. The third-order valence-electron chi connectivity index (χ3n) is 3.69. The molecule has 0 heterocycles. The minimum Gasteiger partial charge on any atom is -0.464 e. The Kier molecular flexibility index (Phi) is 6.47. The number of halogens is 1. The van der Waals surface area contributed by atoms with Crippen molar-refractivity contribution in [1.82, 2.24) is 4.72 Å². The van der Waals surface area contributed by atoms with Crippen LogP contribution in [0.25, 0.3) is 0 Å². The van der Waals surface area contributed by atoms with Gasteiger partial charge in [-0.2, -0.15) is 0 Å². The molecule has 2 rings (SSSR count). The van der Waals surface area contributed by atoms with Crippen molar-refractivity contribution in [2.75, 3.05) is 6.61 Å². The number of carbonyl (C=O) groups is 1. The van der Waals surface area contributed by atoms with Crippen LogP contribution in [0.4, 0.5) is 4.39 Å². The van der Waals surface area contributed by atoms with Crippen LogP contribution >= 0.6 is 0 Å². The highest BCUT2D eigenvalue weighted by Crippen LogP contribution is 2.22. The third-order valence-corrected chi connectivity index (χ3v) is 5.14. The Balaban J connectivity index is 2.38. The lowest BCUT2D eigenvalue weighted by Crippen LogP contribution is -2.41. The Morgan fingerprint density at radius 1 is 1.15 bits per heavy atom. The molecule has 140 valence electrons. The zero-order chi connectivity index (χ0) is 19.3. The van der Waals surface area contributed by atoms with Gasteiger partial charge in [0, 0.05) is 0 Å². The Labute approximate surface area is 151 Å². The second-order valence-electron chi connectivity index (χ2n) is 5.66. The van der Waals surface area contributed by atoms with E-state index in [9.17, 15) is 22.7 Å². The summed E-state index contributed by atoms with van der Waals surface area (Å²) in [5.74, 6) is -1.51. The number of sulfonamides is 1. The summed E-state index contributed by atoms with van der Waals surface area (Å²) in [5.41, 5.74) is 1.10. The van der Waals surface area contributed by atoms with E-state index in [-0.39, 0.29) is 17.1 Å². The quantitative estimate of drug-likeness (QED) is 0.717. The standard InChI is InChI=1S/C18H20FNO5S/c1-3-25-18(22)17(21)16(13-6-8-14(19)9-7-13)20-26(23,24)15-10-4-12(2)5-11-15/h4-11,16-17,20-21H,3H2,1-2H3/t16-,17+/m0/s1. The predicted molar refractivity (Wildman–Crippen MR) is 93.3 cm³/mol. The van der Waals surface area contributed by atoms with E-state index in [0.717, 1.165) is 17.7 Å². The zero-order valence-corrected chi connectivity index (χ0v) is 15.2. The van der Waals surface area contributed by atoms with E-state index in [1.165, 1.54) is 24.3 Å². The molecule has 26 heavy (non-hydrogen) atoms. The largest absolute Gasteiger partial charge is 0.464 e. The Morgan fingerprint density at radius 2 is 1.73 bits per heavy atom. The molecular weight excluding hydrogens is 361 g/mol. The topological polar surface area (TPSA) is 92.7 Å². The van der Waals surface area contributed by atoms with Crippen LogP contribution in [-0.4, -0.2) is 32.2 Å². The van der Waals surface area contributed by atoms with Crippen LogP contribution in [0, 0.1) is 12.7 Å². The molecular formula is C18H20FNO5S. The van der Waals surface area contributed by atoms with Gasteiger partial charge in [0.05, 0.1) is 17.5 Å². The molecule has 0 bridgehead atoms. The molecule has 0 saturated heterocycles. The maximum absolute atomic E-state index is 13.2. The van der Waals surface area contributed by atoms with Crippen molar-refractivity contribution in [3.63, 3.8) is 0 Å². The second-order valence-corrected chi connectivity index (χ2v) is 7.37. The van der Waals surface area contributed by atoms with Crippen molar-refractivity contribution in [2.45, 2.75) is 30.9 Å². The molecule has 0 fully saturated rings. The molecule has 0 amide bonds. The SMILES string of the molecule is CCOC(=O)[C@H](O)[C@@H](NS(=O)(=O)c1ccc(C)cc1)c1ccc(F)cc1. The number of esters is 1. The van der Waals surface area contributed by atoms with Crippen molar-refractivity contribution in [3.8, 4) is 0 Å². The third kappa shape index (κ3) is 4.87. The van der Waals surface area contributed by atoms with Crippen LogP contribution in [-0.2, 0) is 19.6 Å². The number of benzene rings is 2. The van der Waals surface area contributed by atoms with E-state index in [0.29, 0.717) is 0 Å². The summed E-state index contributed by atoms with van der Waals surface area (Å²) < 4.78 is 45.5.